The van der Waals surface area contributed by atoms with E-state index in [0.717, 1.165) is 42.4 Å². The normalized spacial score (nSPS) is 18.1. The minimum atomic E-state index is -0.367. The van der Waals surface area contributed by atoms with Crippen molar-refractivity contribution < 1.29 is 14.3 Å². The zero-order valence-corrected chi connectivity index (χ0v) is 13.4. The third-order valence-electron chi connectivity index (χ3n) is 4.38. The van der Waals surface area contributed by atoms with Crippen LogP contribution in [0.4, 0.5) is 0 Å². The summed E-state index contributed by atoms with van der Waals surface area (Å²) in [7, 11) is 0. The molecule has 1 aliphatic rings. The molecule has 1 aliphatic heterocycles. The molecule has 1 aromatic carbocycles. The molecule has 122 valence electrons. The standard InChI is InChI=1S/C18H22N2O3/c1-13-5-4-8-20(11-13)17(21)12-23-18(22)9-14-10-19-16-7-3-2-6-15(14)16/h2-3,6-7,10,13,19H,4-5,8-9,11-12H2,1H3/t13-/m0/s1. The summed E-state index contributed by atoms with van der Waals surface area (Å²) >= 11 is 0. The first-order chi connectivity index (χ1) is 11.1. The molecular weight excluding hydrogens is 292 g/mol. The molecule has 3 rings (SSSR count). The molecule has 0 aliphatic carbocycles. The van der Waals surface area contributed by atoms with Gasteiger partial charge in [-0.1, -0.05) is 25.1 Å². The highest BCUT2D eigenvalue weighted by Gasteiger charge is 2.22. The number of aromatic amines is 1. The van der Waals surface area contributed by atoms with Crippen LogP contribution < -0.4 is 0 Å². The van der Waals surface area contributed by atoms with Crippen molar-refractivity contribution in [1.29, 1.82) is 0 Å². The van der Waals surface area contributed by atoms with Crippen LogP contribution >= 0.6 is 0 Å². The van der Waals surface area contributed by atoms with E-state index < -0.39 is 0 Å². The molecule has 1 fully saturated rings. The van der Waals surface area contributed by atoms with Crippen LogP contribution in [0.25, 0.3) is 10.9 Å². The second-order valence-corrected chi connectivity index (χ2v) is 6.28. The van der Waals surface area contributed by atoms with Crippen molar-refractivity contribution in [1.82, 2.24) is 9.88 Å². The molecule has 5 nitrogen and oxygen atoms in total. The number of carbonyl (C=O) groups is 2. The summed E-state index contributed by atoms with van der Waals surface area (Å²) in [6, 6.07) is 7.81. The van der Waals surface area contributed by atoms with Crippen molar-refractivity contribution in [3.05, 3.63) is 36.0 Å². The number of nitrogens with one attached hydrogen (secondary N) is 1. The number of esters is 1. The maximum absolute atomic E-state index is 12.1. The quantitative estimate of drug-likeness (QED) is 0.882. The van der Waals surface area contributed by atoms with Crippen molar-refractivity contribution in [2.45, 2.75) is 26.2 Å². The van der Waals surface area contributed by atoms with E-state index in [1.807, 2.05) is 30.5 Å². The Hall–Kier alpha value is -2.30. The monoisotopic (exact) mass is 314 g/mol. The molecule has 5 heteroatoms. The van der Waals surface area contributed by atoms with E-state index in [-0.39, 0.29) is 24.9 Å². The fourth-order valence-corrected chi connectivity index (χ4v) is 3.13. The second-order valence-electron chi connectivity index (χ2n) is 6.28. The average molecular weight is 314 g/mol. The summed E-state index contributed by atoms with van der Waals surface area (Å²) in [5.41, 5.74) is 1.89. The predicted molar refractivity (Wildman–Crippen MR) is 87.9 cm³/mol. The van der Waals surface area contributed by atoms with Gasteiger partial charge in [0, 0.05) is 30.2 Å². The predicted octanol–water partition coefficient (Wildman–Crippen LogP) is 2.51. The Bertz CT molecular complexity index is 707. The van der Waals surface area contributed by atoms with Gasteiger partial charge in [0.15, 0.2) is 6.61 Å². The fraction of sp³-hybridized carbons (Fsp3) is 0.444. The lowest BCUT2D eigenvalue weighted by atomic mass is 10.0. The molecule has 1 N–H and O–H groups in total. The molecule has 0 radical (unpaired) electrons. The van der Waals surface area contributed by atoms with Gasteiger partial charge in [0.25, 0.3) is 5.91 Å². The number of hydrogen-bond acceptors (Lipinski definition) is 3. The van der Waals surface area contributed by atoms with Gasteiger partial charge in [0.1, 0.15) is 0 Å². The minimum Gasteiger partial charge on any atom is -0.455 e. The number of ether oxygens (including phenoxy) is 1. The summed E-state index contributed by atoms with van der Waals surface area (Å²) in [5, 5.41) is 1.01. The SMILES string of the molecule is C[C@H]1CCCN(C(=O)COC(=O)Cc2c[nH]c3ccccc23)C1. The number of carbonyl (C=O) groups excluding carboxylic acids is 2. The van der Waals surface area contributed by atoms with Gasteiger partial charge < -0.3 is 14.6 Å². The van der Waals surface area contributed by atoms with Gasteiger partial charge in [0.05, 0.1) is 6.42 Å². The molecule has 0 bridgehead atoms. The number of nitrogens with zero attached hydrogens (tertiary/aromatic N) is 1. The maximum atomic E-state index is 12.1. The first-order valence-electron chi connectivity index (χ1n) is 8.12. The van der Waals surface area contributed by atoms with Crippen molar-refractivity contribution in [3.8, 4) is 0 Å². The molecule has 23 heavy (non-hydrogen) atoms. The summed E-state index contributed by atoms with van der Waals surface area (Å²) in [6.45, 7) is 3.51. The Balaban J connectivity index is 1.52. The van der Waals surface area contributed by atoms with Crippen LogP contribution in [-0.4, -0.2) is 41.5 Å². The van der Waals surface area contributed by atoms with Gasteiger partial charge in [-0.3, -0.25) is 9.59 Å². The van der Waals surface area contributed by atoms with Crippen LogP contribution in [0.2, 0.25) is 0 Å². The van der Waals surface area contributed by atoms with Gasteiger partial charge in [0.2, 0.25) is 0 Å². The van der Waals surface area contributed by atoms with E-state index in [9.17, 15) is 9.59 Å². The lowest BCUT2D eigenvalue weighted by Gasteiger charge is -2.30. The lowest BCUT2D eigenvalue weighted by Crippen LogP contribution is -2.41. The Labute approximate surface area is 135 Å². The highest BCUT2D eigenvalue weighted by Crippen LogP contribution is 2.18. The smallest absolute Gasteiger partial charge is 0.310 e. The molecule has 2 aromatic rings. The van der Waals surface area contributed by atoms with Crippen molar-refractivity contribution in [2.24, 2.45) is 5.92 Å². The highest BCUT2D eigenvalue weighted by molar-refractivity contribution is 5.88. The molecule has 1 amide bonds. The van der Waals surface area contributed by atoms with Gasteiger partial charge in [-0.15, -0.1) is 0 Å². The first-order valence-corrected chi connectivity index (χ1v) is 8.12. The number of rotatable bonds is 4. The number of fused-ring (bicyclic) bond motifs is 1. The third-order valence-corrected chi connectivity index (χ3v) is 4.38. The summed E-state index contributed by atoms with van der Waals surface area (Å²) < 4.78 is 5.17. The van der Waals surface area contributed by atoms with Crippen molar-refractivity contribution in [3.63, 3.8) is 0 Å². The van der Waals surface area contributed by atoms with Crippen molar-refractivity contribution in [2.75, 3.05) is 19.7 Å². The topological polar surface area (TPSA) is 62.4 Å². The Morgan fingerprint density at radius 1 is 1.35 bits per heavy atom. The number of amides is 1. The van der Waals surface area contributed by atoms with E-state index in [2.05, 4.69) is 11.9 Å². The minimum absolute atomic E-state index is 0.0937. The third kappa shape index (κ3) is 3.73. The molecule has 1 aromatic heterocycles. The van der Waals surface area contributed by atoms with E-state index in [4.69, 9.17) is 4.74 Å². The van der Waals surface area contributed by atoms with Crippen LogP contribution in [0.1, 0.15) is 25.3 Å². The van der Waals surface area contributed by atoms with Gasteiger partial charge in [-0.2, -0.15) is 0 Å². The van der Waals surface area contributed by atoms with Gasteiger partial charge >= 0.3 is 5.97 Å². The van der Waals surface area contributed by atoms with Crippen LogP contribution in [0.5, 0.6) is 0 Å². The van der Waals surface area contributed by atoms with E-state index in [1.165, 1.54) is 0 Å². The number of para-hydroxylation sites is 1. The summed E-state index contributed by atoms with van der Waals surface area (Å²) in [4.78, 5) is 29.0. The summed E-state index contributed by atoms with van der Waals surface area (Å²) in [5.74, 6) is 0.0617. The number of benzene rings is 1. The zero-order valence-electron chi connectivity index (χ0n) is 13.4. The largest absolute Gasteiger partial charge is 0.455 e. The average Bonchev–Trinajstić information content (AvgIpc) is 2.96. The van der Waals surface area contributed by atoms with Crippen LogP contribution in [-0.2, 0) is 20.7 Å². The highest BCUT2D eigenvalue weighted by atomic mass is 16.5. The van der Waals surface area contributed by atoms with Gasteiger partial charge in [-0.05, 0) is 30.4 Å². The summed E-state index contributed by atoms with van der Waals surface area (Å²) in [6.07, 6.45) is 4.17. The van der Waals surface area contributed by atoms with Crippen molar-refractivity contribution >= 4 is 22.8 Å². The number of H-pyrrole nitrogens is 1. The van der Waals surface area contributed by atoms with E-state index in [1.54, 1.807) is 4.90 Å². The Morgan fingerprint density at radius 3 is 3.00 bits per heavy atom. The number of piperidine rings is 1. The molecule has 2 heterocycles. The lowest BCUT2D eigenvalue weighted by molar-refractivity contribution is -0.152. The molecule has 1 saturated heterocycles. The van der Waals surface area contributed by atoms with Gasteiger partial charge in [-0.25, -0.2) is 0 Å². The number of likely N-dealkylation sites (tertiary alicyclic amines) is 1. The Kier molecular flexibility index (Phi) is 4.65. The fourth-order valence-electron chi connectivity index (χ4n) is 3.13. The number of hydrogen-bond donors (Lipinski definition) is 1. The Morgan fingerprint density at radius 2 is 2.17 bits per heavy atom. The first kappa shape index (κ1) is 15.6. The molecular formula is C18H22N2O3. The van der Waals surface area contributed by atoms with Crippen LogP contribution in [0.3, 0.4) is 0 Å². The molecule has 0 spiro atoms. The molecule has 1 atom stereocenters. The van der Waals surface area contributed by atoms with E-state index >= 15 is 0 Å². The molecule has 0 unspecified atom stereocenters. The van der Waals surface area contributed by atoms with Crippen LogP contribution in [0.15, 0.2) is 30.5 Å². The zero-order chi connectivity index (χ0) is 16.2. The second kappa shape index (κ2) is 6.86. The maximum Gasteiger partial charge on any atom is 0.310 e. The number of aromatic nitrogens is 1. The van der Waals surface area contributed by atoms with E-state index in [0.29, 0.717) is 5.92 Å². The molecule has 0 saturated carbocycles. The van der Waals surface area contributed by atoms with Crippen LogP contribution in [0, 0.1) is 5.92 Å².